The average molecular weight is 318 g/mol. The maximum absolute atomic E-state index is 3.48. The molecule has 2 nitrogen and oxygen atoms in total. The molecular weight excluding hydrogens is 292 g/mol. The van der Waals surface area contributed by atoms with Gasteiger partial charge in [-0.3, -0.25) is 4.90 Å². The van der Waals surface area contributed by atoms with Crippen LogP contribution in [0.5, 0.6) is 0 Å². The second-order valence-corrected chi connectivity index (χ2v) is 7.99. The molecule has 2 bridgehead atoms. The molecule has 0 radical (unpaired) electrons. The standard InChI is InChI=1S/C22H26N2/c1-2-4-18-13-19(6-5-17(18)3-1)21-15-22(8-7-20(21)14-22)16-24-11-9-23-10-12-24/h1-6,13,15,20,23H,7-12,14,16H2. The Balaban J connectivity index is 1.45. The van der Waals surface area contributed by atoms with E-state index in [0.29, 0.717) is 5.41 Å². The van der Waals surface area contributed by atoms with Gasteiger partial charge in [-0.05, 0) is 53.2 Å². The summed E-state index contributed by atoms with van der Waals surface area (Å²) >= 11 is 0. The van der Waals surface area contributed by atoms with Crippen LogP contribution in [0.15, 0.2) is 48.5 Å². The Morgan fingerprint density at radius 3 is 2.75 bits per heavy atom. The van der Waals surface area contributed by atoms with Crippen molar-refractivity contribution >= 4 is 16.3 Å². The molecule has 1 saturated carbocycles. The molecular formula is C22H26N2. The van der Waals surface area contributed by atoms with Crippen molar-refractivity contribution in [3.05, 3.63) is 54.1 Å². The van der Waals surface area contributed by atoms with Crippen molar-refractivity contribution in [1.82, 2.24) is 10.2 Å². The molecule has 5 rings (SSSR count). The van der Waals surface area contributed by atoms with E-state index < -0.39 is 0 Å². The largest absolute Gasteiger partial charge is 0.314 e. The predicted molar refractivity (Wildman–Crippen MR) is 101 cm³/mol. The van der Waals surface area contributed by atoms with Gasteiger partial charge in [0.15, 0.2) is 0 Å². The summed E-state index contributed by atoms with van der Waals surface area (Å²) in [7, 11) is 0. The van der Waals surface area contributed by atoms with E-state index in [1.165, 1.54) is 55.2 Å². The highest BCUT2D eigenvalue weighted by atomic mass is 15.2. The molecule has 0 aromatic heterocycles. The molecule has 1 aliphatic heterocycles. The normalized spacial score (nSPS) is 30.0. The highest BCUT2D eigenvalue weighted by molar-refractivity contribution is 5.87. The molecule has 1 saturated heterocycles. The first kappa shape index (κ1) is 14.7. The summed E-state index contributed by atoms with van der Waals surface area (Å²) in [5, 5.41) is 6.19. The van der Waals surface area contributed by atoms with E-state index in [2.05, 4.69) is 58.8 Å². The number of hydrogen-bond donors (Lipinski definition) is 1. The van der Waals surface area contributed by atoms with E-state index in [4.69, 9.17) is 0 Å². The smallest absolute Gasteiger partial charge is 0.0108 e. The van der Waals surface area contributed by atoms with Crippen LogP contribution >= 0.6 is 0 Å². The highest BCUT2D eigenvalue weighted by Gasteiger charge is 2.45. The minimum atomic E-state index is 0.447. The van der Waals surface area contributed by atoms with E-state index in [1.54, 1.807) is 5.57 Å². The van der Waals surface area contributed by atoms with Crippen LogP contribution in [-0.2, 0) is 0 Å². The third kappa shape index (κ3) is 2.49. The Kier molecular flexibility index (Phi) is 3.50. The van der Waals surface area contributed by atoms with Crippen molar-refractivity contribution < 1.29 is 0 Å². The van der Waals surface area contributed by atoms with Crippen LogP contribution in [-0.4, -0.2) is 37.6 Å². The van der Waals surface area contributed by atoms with E-state index in [-0.39, 0.29) is 0 Å². The Bertz CT molecular complexity index is 787. The van der Waals surface area contributed by atoms with Crippen LogP contribution < -0.4 is 5.32 Å². The lowest BCUT2D eigenvalue weighted by atomic mass is 9.84. The van der Waals surface area contributed by atoms with Crippen LogP contribution in [0.2, 0.25) is 0 Å². The quantitative estimate of drug-likeness (QED) is 0.922. The third-order valence-corrected chi connectivity index (χ3v) is 6.38. The highest BCUT2D eigenvalue weighted by Crippen LogP contribution is 2.56. The molecule has 0 amide bonds. The van der Waals surface area contributed by atoms with Crippen LogP contribution in [0.25, 0.3) is 16.3 Å². The summed E-state index contributed by atoms with van der Waals surface area (Å²) in [4.78, 5) is 2.68. The fourth-order valence-corrected chi connectivity index (χ4v) is 5.19. The van der Waals surface area contributed by atoms with E-state index in [9.17, 15) is 0 Å². The first-order chi connectivity index (χ1) is 11.8. The fourth-order valence-electron chi connectivity index (χ4n) is 5.19. The molecule has 2 atom stereocenters. The number of allylic oxidation sites excluding steroid dienone is 1. The Morgan fingerprint density at radius 2 is 1.88 bits per heavy atom. The molecule has 2 heteroatoms. The lowest BCUT2D eigenvalue weighted by molar-refractivity contribution is 0.172. The minimum Gasteiger partial charge on any atom is -0.314 e. The summed E-state index contributed by atoms with van der Waals surface area (Å²) in [6.07, 6.45) is 6.80. The zero-order valence-electron chi connectivity index (χ0n) is 14.3. The molecule has 2 aromatic carbocycles. The molecule has 1 heterocycles. The first-order valence-electron chi connectivity index (χ1n) is 9.46. The summed E-state index contributed by atoms with van der Waals surface area (Å²) < 4.78 is 0. The summed E-state index contributed by atoms with van der Waals surface area (Å²) in [6, 6.07) is 15.8. The monoisotopic (exact) mass is 318 g/mol. The number of nitrogens with one attached hydrogen (secondary N) is 1. The molecule has 1 N–H and O–H groups in total. The summed E-state index contributed by atoms with van der Waals surface area (Å²) in [5.41, 5.74) is 3.53. The van der Waals surface area contributed by atoms with E-state index in [0.717, 1.165) is 19.0 Å². The molecule has 24 heavy (non-hydrogen) atoms. The Hall–Kier alpha value is -1.64. The fraction of sp³-hybridized carbons (Fsp3) is 0.455. The summed E-state index contributed by atoms with van der Waals surface area (Å²) in [6.45, 7) is 6.00. The van der Waals surface area contributed by atoms with Crippen molar-refractivity contribution in [2.75, 3.05) is 32.7 Å². The average Bonchev–Trinajstić information content (AvgIpc) is 3.20. The lowest BCUT2D eigenvalue weighted by Gasteiger charge is -2.35. The van der Waals surface area contributed by atoms with Gasteiger partial charge >= 0.3 is 0 Å². The number of fused-ring (bicyclic) bond motifs is 3. The summed E-state index contributed by atoms with van der Waals surface area (Å²) in [5.74, 6) is 0.786. The molecule has 2 fully saturated rings. The van der Waals surface area contributed by atoms with E-state index in [1.807, 2.05) is 0 Å². The van der Waals surface area contributed by atoms with Gasteiger partial charge in [0.25, 0.3) is 0 Å². The van der Waals surface area contributed by atoms with E-state index >= 15 is 0 Å². The van der Waals surface area contributed by atoms with Gasteiger partial charge < -0.3 is 5.32 Å². The molecule has 3 aliphatic rings. The van der Waals surface area contributed by atoms with Crippen molar-refractivity contribution in [3.8, 4) is 0 Å². The molecule has 0 spiro atoms. The Morgan fingerprint density at radius 1 is 1.04 bits per heavy atom. The van der Waals surface area contributed by atoms with Gasteiger partial charge in [-0.25, -0.2) is 0 Å². The van der Waals surface area contributed by atoms with Gasteiger partial charge in [-0.15, -0.1) is 0 Å². The maximum atomic E-state index is 3.48. The van der Waals surface area contributed by atoms with Gasteiger partial charge in [0.2, 0.25) is 0 Å². The third-order valence-electron chi connectivity index (χ3n) is 6.38. The van der Waals surface area contributed by atoms with Crippen LogP contribution in [0.4, 0.5) is 0 Å². The number of rotatable bonds is 3. The second-order valence-electron chi connectivity index (χ2n) is 7.99. The topological polar surface area (TPSA) is 15.3 Å². The molecule has 124 valence electrons. The maximum Gasteiger partial charge on any atom is 0.0108 e. The van der Waals surface area contributed by atoms with Crippen LogP contribution in [0.3, 0.4) is 0 Å². The van der Waals surface area contributed by atoms with Crippen molar-refractivity contribution in [2.24, 2.45) is 11.3 Å². The second kappa shape index (κ2) is 5.72. The minimum absolute atomic E-state index is 0.447. The predicted octanol–water partition coefficient (Wildman–Crippen LogP) is 3.93. The zero-order chi connectivity index (χ0) is 16.0. The Labute approximate surface area is 144 Å². The van der Waals surface area contributed by atoms with Gasteiger partial charge in [-0.2, -0.15) is 0 Å². The van der Waals surface area contributed by atoms with Crippen LogP contribution in [0.1, 0.15) is 24.8 Å². The SMILES string of the molecule is C1=C(c2ccc3ccccc3c2)C2CCC1(CN1CCNCC1)C2. The van der Waals surface area contributed by atoms with Crippen molar-refractivity contribution in [2.45, 2.75) is 19.3 Å². The number of hydrogen-bond acceptors (Lipinski definition) is 2. The van der Waals surface area contributed by atoms with Gasteiger partial charge in [0.05, 0.1) is 0 Å². The molecule has 2 aliphatic carbocycles. The molecule has 2 aromatic rings. The number of nitrogens with zero attached hydrogens (tertiary/aromatic N) is 1. The van der Waals surface area contributed by atoms with Gasteiger partial charge in [0, 0.05) is 38.1 Å². The lowest BCUT2D eigenvalue weighted by Crippen LogP contribution is -2.47. The number of piperazine rings is 1. The van der Waals surface area contributed by atoms with Crippen molar-refractivity contribution in [1.29, 1.82) is 0 Å². The molecule has 2 unspecified atom stereocenters. The number of benzene rings is 2. The zero-order valence-corrected chi connectivity index (χ0v) is 14.3. The first-order valence-corrected chi connectivity index (χ1v) is 9.46. The van der Waals surface area contributed by atoms with Gasteiger partial charge in [-0.1, -0.05) is 42.5 Å². The van der Waals surface area contributed by atoms with Crippen molar-refractivity contribution in [3.63, 3.8) is 0 Å². The van der Waals surface area contributed by atoms with Crippen LogP contribution in [0, 0.1) is 11.3 Å². The van der Waals surface area contributed by atoms with Gasteiger partial charge in [0.1, 0.15) is 0 Å².